The number of nitrogens with zero attached hydrogens (tertiary/aromatic N) is 2. The van der Waals surface area contributed by atoms with Gasteiger partial charge in [0.05, 0.1) is 0 Å². The van der Waals surface area contributed by atoms with Crippen LogP contribution in [0.2, 0.25) is 0 Å². The number of likely N-dealkylation sites (tertiary alicyclic amines) is 1. The molecule has 0 saturated carbocycles. The standard InChI is InChI=1S/C15H29N3O3/c1-4-12(2)17(3)10-7-16-15(21)18-8-5-13(6-9-18)11-14(19)20/h12-13H,4-11H2,1-3H3,(H,16,21)(H,19,20). The van der Waals surface area contributed by atoms with E-state index in [0.717, 1.165) is 25.8 Å². The maximum absolute atomic E-state index is 12.0. The van der Waals surface area contributed by atoms with Gasteiger partial charge in [0.15, 0.2) is 0 Å². The van der Waals surface area contributed by atoms with Gasteiger partial charge in [-0.1, -0.05) is 6.92 Å². The van der Waals surface area contributed by atoms with Crippen LogP contribution in [0.15, 0.2) is 0 Å². The minimum atomic E-state index is -0.744. The van der Waals surface area contributed by atoms with Crippen LogP contribution < -0.4 is 5.32 Å². The molecule has 1 aliphatic heterocycles. The molecule has 1 unspecified atom stereocenters. The number of likely N-dealkylation sites (N-methyl/N-ethyl adjacent to an activating group) is 1. The minimum Gasteiger partial charge on any atom is -0.481 e. The molecule has 1 fully saturated rings. The van der Waals surface area contributed by atoms with Gasteiger partial charge in [-0.25, -0.2) is 4.79 Å². The van der Waals surface area contributed by atoms with Gasteiger partial charge >= 0.3 is 12.0 Å². The Kier molecular flexibility index (Phi) is 7.50. The number of urea groups is 1. The van der Waals surface area contributed by atoms with Crippen molar-refractivity contribution in [1.82, 2.24) is 15.1 Å². The number of amides is 2. The molecule has 1 saturated heterocycles. The highest BCUT2D eigenvalue weighted by Crippen LogP contribution is 2.20. The van der Waals surface area contributed by atoms with E-state index < -0.39 is 5.97 Å². The first kappa shape index (κ1) is 17.8. The van der Waals surface area contributed by atoms with Gasteiger partial charge in [0.2, 0.25) is 0 Å². The van der Waals surface area contributed by atoms with Crippen molar-refractivity contribution >= 4 is 12.0 Å². The Labute approximate surface area is 127 Å². The van der Waals surface area contributed by atoms with Crippen LogP contribution in [0.4, 0.5) is 4.79 Å². The lowest BCUT2D eigenvalue weighted by molar-refractivity contribution is -0.138. The van der Waals surface area contributed by atoms with Crippen LogP contribution in [0.3, 0.4) is 0 Å². The summed E-state index contributed by atoms with van der Waals surface area (Å²) in [6, 6.07) is 0.495. The molecular weight excluding hydrogens is 270 g/mol. The maximum atomic E-state index is 12.0. The Morgan fingerprint density at radius 3 is 2.52 bits per heavy atom. The van der Waals surface area contributed by atoms with E-state index in [1.807, 2.05) is 0 Å². The Balaban J connectivity index is 2.21. The summed E-state index contributed by atoms with van der Waals surface area (Å²) in [6.45, 7) is 7.14. The van der Waals surface area contributed by atoms with Crippen molar-refractivity contribution in [2.45, 2.75) is 45.6 Å². The third-order valence-electron chi connectivity index (χ3n) is 4.45. The van der Waals surface area contributed by atoms with Gasteiger partial charge in [-0.15, -0.1) is 0 Å². The van der Waals surface area contributed by atoms with Crippen molar-refractivity contribution in [3.05, 3.63) is 0 Å². The van der Waals surface area contributed by atoms with E-state index in [1.165, 1.54) is 0 Å². The first-order valence-electron chi connectivity index (χ1n) is 7.88. The van der Waals surface area contributed by atoms with Gasteiger partial charge in [-0.2, -0.15) is 0 Å². The van der Waals surface area contributed by atoms with Gasteiger partial charge in [0.1, 0.15) is 0 Å². The predicted octanol–water partition coefficient (Wildman–Crippen LogP) is 1.61. The molecule has 2 amide bonds. The molecule has 1 aliphatic rings. The smallest absolute Gasteiger partial charge is 0.317 e. The molecule has 0 aromatic rings. The molecule has 0 spiro atoms. The predicted molar refractivity (Wildman–Crippen MR) is 82.3 cm³/mol. The Bertz CT molecular complexity index is 341. The summed E-state index contributed by atoms with van der Waals surface area (Å²) < 4.78 is 0. The number of aliphatic carboxylic acids is 1. The molecule has 2 N–H and O–H groups in total. The van der Waals surface area contributed by atoms with Crippen molar-refractivity contribution in [2.75, 3.05) is 33.2 Å². The second-order valence-electron chi connectivity index (χ2n) is 6.00. The van der Waals surface area contributed by atoms with E-state index in [9.17, 15) is 9.59 Å². The zero-order chi connectivity index (χ0) is 15.8. The monoisotopic (exact) mass is 299 g/mol. The second-order valence-corrected chi connectivity index (χ2v) is 6.00. The summed E-state index contributed by atoms with van der Waals surface area (Å²) in [5, 5.41) is 11.7. The number of piperidine rings is 1. The molecule has 1 rings (SSSR count). The first-order chi connectivity index (χ1) is 9.93. The van der Waals surface area contributed by atoms with Gasteiger partial charge in [-0.3, -0.25) is 4.79 Å². The summed E-state index contributed by atoms with van der Waals surface area (Å²) in [4.78, 5) is 26.7. The fourth-order valence-electron chi connectivity index (χ4n) is 2.57. The number of hydrogen-bond acceptors (Lipinski definition) is 3. The topological polar surface area (TPSA) is 72.9 Å². The van der Waals surface area contributed by atoms with Gasteiger partial charge in [-0.05, 0) is 39.2 Å². The molecular formula is C15H29N3O3. The average Bonchev–Trinajstić information content (AvgIpc) is 2.46. The van der Waals surface area contributed by atoms with Crippen LogP contribution in [0.1, 0.15) is 39.5 Å². The van der Waals surface area contributed by atoms with Crippen LogP contribution in [-0.4, -0.2) is 66.2 Å². The van der Waals surface area contributed by atoms with E-state index >= 15 is 0 Å². The highest BCUT2D eigenvalue weighted by Gasteiger charge is 2.24. The van der Waals surface area contributed by atoms with E-state index in [-0.39, 0.29) is 18.4 Å². The largest absolute Gasteiger partial charge is 0.481 e. The molecule has 0 aromatic heterocycles. The van der Waals surface area contributed by atoms with Crippen LogP contribution in [0.25, 0.3) is 0 Å². The highest BCUT2D eigenvalue weighted by molar-refractivity contribution is 5.74. The Hall–Kier alpha value is -1.30. The van der Waals surface area contributed by atoms with Crippen LogP contribution >= 0.6 is 0 Å². The molecule has 1 atom stereocenters. The number of hydrogen-bond donors (Lipinski definition) is 2. The van der Waals surface area contributed by atoms with Crippen LogP contribution in [0, 0.1) is 5.92 Å². The fraction of sp³-hybridized carbons (Fsp3) is 0.867. The number of nitrogens with one attached hydrogen (secondary N) is 1. The molecule has 21 heavy (non-hydrogen) atoms. The molecule has 1 heterocycles. The Morgan fingerprint density at radius 1 is 1.38 bits per heavy atom. The van der Waals surface area contributed by atoms with Gasteiger partial charge < -0.3 is 20.2 Å². The summed E-state index contributed by atoms with van der Waals surface area (Å²) in [5.74, 6) is -0.533. The van der Waals surface area contributed by atoms with Gasteiger partial charge in [0.25, 0.3) is 0 Å². The van der Waals surface area contributed by atoms with E-state index in [0.29, 0.717) is 25.7 Å². The first-order valence-corrected chi connectivity index (χ1v) is 7.88. The van der Waals surface area contributed by atoms with E-state index in [4.69, 9.17) is 5.11 Å². The summed E-state index contributed by atoms with van der Waals surface area (Å²) in [5.41, 5.74) is 0. The second kappa shape index (κ2) is 8.87. The number of carboxylic acid groups (broad SMARTS) is 1. The lowest BCUT2D eigenvalue weighted by Crippen LogP contribution is -2.46. The number of rotatable bonds is 7. The molecule has 0 bridgehead atoms. The summed E-state index contributed by atoms with van der Waals surface area (Å²) >= 11 is 0. The lowest BCUT2D eigenvalue weighted by atomic mass is 9.94. The molecule has 0 aromatic carbocycles. The van der Waals surface area contributed by atoms with Crippen LogP contribution in [-0.2, 0) is 4.79 Å². The van der Waals surface area contributed by atoms with Gasteiger partial charge in [0, 0.05) is 38.6 Å². The summed E-state index contributed by atoms with van der Waals surface area (Å²) in [7, 11) is 2.07. The molecule has 6 heteroatoms. The van der Waals surface area contributed by atoms with Crippen molar-refractivity contribution in [3.63, 3.8) is 0 Å². The molecule has 0 aliphatic carbocycles. The number of carbonyl (C=O) groups is 2. The van der Waals surface area contributed by atoms with Crippen molar-refractivity contribution < 1.29 is 14.7 Å². The number of carboxylic acids is 1. The summed E-state index contributed by atoms with van der Waals surface area (Å²) in [6.07, 6.45) is 2.88. The third kappa shape index (κ3) is 6.33. The normalized spacial score (nSPS) is 17.8. The molecule has 122 valence electrons. The zero-order valence-electron chi connectivity index (χ0n) is 13.5. The highest BCUT2D eigenvalue weighted by atomic mass is 16.4. The molecule has 6 nitrogen and oxygen atoms in total. The maximum Gasteiger partial charge on any atom is 0.317 e. The zero-order valence-corrected chi connectivity index (χ0v) is 13.5. The lowest BCUT2D eigenvalue weighted by Gasteiger charge is -2.31. The minimum absolute atomic E-state index is 0.0265. The van der Waals surface area contributed by atoms with Crippen molar-refractivity contribution in [2.24, 2.45) is 5.92 Å². The third-order valence-corrected chi connectivity index (χ3v) is 4.45. The molecule has 0 radical (unpaired) electrons. The Morgan fingerprint density at radius 2 is 2.00 bits per heavy atom. The number of carbonyl (C=O) groups excluding carboxylic acids is 1. The van der Waals surface area contributed by atoms with E-state index in [2.05, 4.69) is 31.1 Å². The quantitative estimate of drug-likeness (QED) is 0.749. The van der Waals surface area contributed by atoms with Crippen molar-refractivity contribution in [3.8, 4) is 0 Å². The van der Waals surface area contributed by atoms with E-state index in [1.54, 1.807) is 4.90 Å². The SMILES string of the molecule is CCC(C)N(C)CCNC(=O)N1CCC(CC(=O)O)CC1. The average molecular weight is 299 g/mol. The fourth-order valence-corrected chi connectivity index (χ4v) is 2.57. The van der Waals surface area contributed by atoms with Crippen LogP contribution in [0.5, 0.6) is 0 Å². The van der Waals surface area contributed by atoms with Crippen molar-refractivity contribution in [1.29, 1.82) is 0 Å².